The van der Waals surface area contributed by atoms with Crippen LogP contribution in [0.25, 0.3) is 53.6 Å². The molecule has 0 N–H and O–H groups in total. The molecule has 0 bridgehead atoms. The highest BCUT2D eigenvalue weighted by Gasteiger charge is 2.47. The summed E-state index contributed by atoms with van der Waals surface area (Å²) in [5.74, 6) is 0. The Morgan fingerprint density at radius 1 is 0.316 bits per heavy atom. The van der Waals surface area contributed by atoms with Crippen LogP contribution in [0.15, 0.2) is 224 Å². The fourth-order valence-electron chi connectivity index (χ4n) is 9.11. The zero-order chi connectivity index (χ0) is 37.8. The van der Waals surface area contributed by atoms with E-state index in [4.69, 9.17) is 0 Å². The summed E-state index contributed by atoms with van der Waals surface area (Å²) in [6.45, 7) is 0. The third-order valence-electron chi connectivity index (χ3n) is 11.7. The van der Waals surface area contributed by atoms with E-state index in [1.54, 1.807) is 0 Å². The minimum Gasteiger partial charge on any atom is -0.310 e. The zero-order valence-electron chi connectivity index (χ0n) is 31.2. The molecule has 0 amide bonds. The highest BCUT2D eigenvalue weighted by Crippen LogP contribution is 2.59. The molecule has 268 valence electrons. The van der Waals surface area contributed by atoms with Gasteiger partial charge in [0.2, 0.25) is 0 Å². The lowest BCUT2D eigenvalue weighted by Crippen LogP contribution is -2.37. The van der Waals surface area contributed by atoms with E-state index in [2.05, 4.69) is 229 Å². The molecule has 0 fully saturated rings. The van der Waals surface area contributed by atoms with Gasteiger partial charge in [-0.2, -0.15) is 0 Å². The summed E-state index contributed by atoms with van der Waals surface area (Å²) in [7, 11) is 0. The quantitative estimate of drug-likeness (QED) is 0.164. The Hall–Kier alpha value is -7.00. The lowest BCUT2D eigenvalue weighted by Gasteiger charge is -2.47. The van der Waals surface area contributed by atoms with Crippen LogP contribution in [0.4, 0.5) is 17.1 Å². The second kappa shape index (κ2) is 13.6. The topological polar surface area (TPSA) is 3.24 Å². The molecule has 0 spiro atoms. The van der Waals surface area contributed by atoms with Crippen molar-refractivity contribution in [3.63, 3.8) is 0 Å². The first-order valence-electron chi connectivity index (χ1n) is 19.6. The fraction of sp³-hybridized carbons (Fsp3) is 0.0182. The maximum atomic E-state index is 2.48. The summed E-state index contributed by atoms with van der Waals surface area (Å²) in [5.41, 5.74) is 15.0. The van der Waals surface area contributed by atoms with Gasteiger partial charge in [-0.1, -0.05) is 170 Å². The average molecular weight is 744 g/mol. The molecule has 2 heterocycles. The van der Waals surface area contributed by atoms with E-state index >= 15 is 0 Å². The Balaban J connectivity index is 1.22. The molecule has 1 aliphatic rings. The lowest BCUT2D eigenvalue weighted by molar-refractivity contribution is 0.732. The summed E-state index contributed by atoms with van der Waals surface area (Å²) in [6.07, 6.45) is 0. The van der Waals surface area contributed by atoms with E-state index in [9.17, 15) is 0 Å². The highest BCUT2D eigenvalue weighted by molar-refractivity contribution is 7.25. The van der Waals surface area contributed by atoms with Crippen molar-refractivity contribution in [3.8, 4) is 33.4 Å². The second-order valence-corrected chi connectivity index (χ2v) is 16.0. The molecule has 0 unspecified atom stereocenters. The molecule has 0 aliphatic carbocycles. The first-order chi connectivity index (χ1) is 28.3. The van der Waals surface area contributed by atoms with Crippen LogP contribution in [0, 0.1) is 0 Å². The zero-order valence-corrected chi connectivity index (χ0v) is 32.0. The molecule has 1 aromatic heterocycles. The number of fused-ring (bicyclic) bond motifs is 5. The minimum atomic E-state index is -0.631. The molecule has 0 atom stereocenters. The smallest absolute Gasteiger partial charge is 0.0742 e. The monoisotopic (exact) mass is 743 g/mol. The van der Waals surface area contributed by atoms with Crippen molar-refractivity contribution < 1.29 is 0 Å². The van der Waals surface area contributed by atoms with Crippen molar-refractivity contribution in [2.75, 3.05) is 4.90 Å². The maximum absolute atomic E-state index is 2.48. The molecule has 0 saturated heterocycles. The molecule has 11 rings (SSSR count). The van der Waals surface area contributed by atoms with E-state index in [1.807, 2.05) is 11.3 Å². The van der Waals surface area contributed by atoms with Gasteiger partial charge < -0.3 is 4.90 Å². The van der Waals surface area contributed by atoms with Gasteiger partial charge >= 0.3 is 0 Å². The normalized spacial score (nSPS) is 13.0. The molecule has 2 heteroatoms. The van der Waals surface area contributed by atoms with Crippen molar-refractivity contribution in [2.24, 2.45) is 0 Å². The third-order valence-corrected chi connectivity index (χ3v) is 12.9. The minimum absolute atomic E-state index is 0.631. The van der Waals surface area contributed by atoms with Crippen LogP contribution < -0.4 is 4.90 Å². The van der Waals surface area contributed by atoms with Crippen molar-refractivity contribution in [1.29, 1.82) is 0 Å². The largest absolute Gasteiger partial charge is 0.310 e. The highest BCUT2D eigenvalue weighted by atomic mass is 32.1. The summed E-state index contributed by atoms with van der Waals surface area (Å²) in [6, 6.07) is 82.8. The average Bonchev–Trinajstić information content (AvgIpc) is 3.67. The van der Waals surface area contributed by atoms with Gasteiger partial charge in [0.1, 0.15) is 0 Å². The van der Waals surface area contributed by atoms with Gasteiger partial charge in [-0.05, 0) is 110 Å². The molecule has 0 saturated carbocycles. The van der Waals surface area contributed by atoms with E-state index in [1.165, 1.54) is 87.2 Å². The van der Waals surface area contributed by atoms with Crippen LogP contribution in [-0.2, 0) is 5.41 Å². The van der Waals surface area contributed by atoms with Crippen LogP contribution in [-0.4, -0.2) is 0 Å². The van der Waals surface area contributed by atoms with E-state index in [-0.39, 0.29) is 0 Å². The Morgan fingerprint density at radius 3 is 1.33 bits per heavy atom. The number of anilines is 3. The van der Waals surface area contributed by atoms with Gasteiger partial charge in [-0.3, -0.25) is 0 Å². The van der Waals surface area contributed by atoms with Crippen LogP contribution in [0.3, 0.4) is 0 Å². The number of hydrogen-bond acceptors (Lipinski definition) is 2. The molecule has 0 radical (unpaired) electrons. The summed E-state index contributed by atoms with van der Waals surface area (Å²) < 4.78 is 2.63. The van der Waals surface area contributed by atoms with E-state index < -0.39 is 5.41 Å². The van der Waals surface area contributed by atoms with Crippen molar-refractivity contribution >= 4 is 48.6 Å². The van der Waals surface area contributed by atoms with Crippen LogP contribution >= 0.6 is 11.3 Å². The maximum Gasteiger partial charge on any atom is 0.0742 e. The molecular formula is C55H37NS. The Kier molecular flexibility index (Phi) is 7.98. The number of thiophene rings is 1. The van der Waals surface area contributed by atoms with Gasteiger partial charge in [-0.15, -0.1) is 11.3 Å². The van der Waals surface area contributed by atoms with Gasteiger partial charge in [0.15, 0.2) is 0 Å². The molecule has 1 aliphatic heterocycles. The van der Waals surface area contributed by atoms with Gasteiger partial charge in [-0.25, -0.2) is 0 Å². The van der Waals surface area contributed by atoms with Gasteiger partial charge in [0, 0.05) is 25.9 Å². The van der Waals surface area contributed by atoms with E-state index in [0.717, 1.165) is 5.69 Å². The van der Waals surface area contributed by atoms with Crippen molar-refractivity contribution in [2.45, 2.75) is 5.41 Å². The molecule has 9 aromatic carbocycles. The molecule has 1 nitrogen and oxygen atoms in total. The van der Waals surface area contributed by atoms with Gasteiger partial charge in [0.25, 0.3) is 0 Å². The number of benzene rings is 9. The summed E-state index contributed by atoms with van der Waals surface area (Å²) in [5, 5.41) is 2.62. The van der Waals surface area contributed by atoms with Crippen molar-refractivity contribution in [3.05, 3.63) is 247 Å². The van der Waals surface area contributed by atoms with Crippen LogP contribution in [0.5, 0.6) is 0 Å². The SMILES string of the molecule is c1ccc(-c2ccc(N3c4ccc(-c5ccccc5)cc4C(c4ccccc4)(c4ccccc4)c4cc(-c5ccc6sc7ccccc7c6c5)ccc43)cc2)cc1. The second-order valence-electron chi connectivity index (χ2n) is 14.9. The summed E-state index contributed by atoms with van der Waals surface area (Å²) in [4.78, 5) is 2.48. The van der Waals surface area contributed by atoms with Gasteiger partial charge in [0.05, 0.1) is 16.8 Å². The fourth-order valence-corrected chi connectivity index (χ4v) is 10.2. The molecule has 57 heavy (non-hydrogen) atoms. The molecular weight excluding hydrogens is 707 g/mol. The molecule has 10 aromatic rings. The first-order valence-corrected chi connectivity index (χ1v) is 20.4. The first kappa shape index (κ1) is 33.3. The standard InChI is InChI=1S/C55H37NS/c1-5-15-38(16-6-1)40-25-30-46(31-26-40)56-51-32-27-42(39-17-7-2-8-18-39)36-49(51)55(44-19-9-3-10-20-44,45-21-11-4-12-22-45)50-37-43(28-33-52(50)56)41-29-34-54-48(35-41)47-23-13-14-24-53(47)57-54/h1-37H. The summed E-state index contributed by atoms with van der Waals surface area (Å²) >= 11 is 1.87. The lowest BCUT2D eigenvalue weighted by atomic mass is 9.62. The Labute approximate surface area is 337 Å². The number of rotatable bonds is 6. The van der Waals surface area contributed by atoms with Crippen LogP contribution in [0.2, 0.25) is 0 Å². The van der Waals surface area contributed by atoms with Crippen LogP contribution in [0.1, 0.15) is 22.3 Å². The number of hydrogen-bond donors (Lipinski definition) is 0. The third kappa shape index (κ3) is 5.44. The Morgan fingerprint density at radius 2 is 0.737 bits per heavy atom. The van der Waals surface area contributed by atoms with Crippen molar-refractivity contribution in [1.82, 2.24) is 0 Å². The predicted molar refractivity (Wildman–Crippen MR) is 242 cm³/mol. The Bertz CT molecular complexity index is 3000. The predicted octanol–water partition coefficient (Wildman–Crippen LogP) is 15.2. The van der Waals surface area contributed by atoms with E-state index in [0.29, 0.717) is 0 Å². The number of nitrogens with zero attached hydrogens (tertiary/aromatic N) is 1.